The average molecular weight is 500 g/mol. The lowest BCUT2D eigenvalue weighted by atomic mass is 9.97. The van der Waals surface area contributed by atoms with Gasteiger partial charge in [-0.15, -0.1) is 0 Å². The summed E-state index contributed by atoms with van der Waals surface area (Å²) in [7, 11) is 0. The summed E-state index contributed by atoms with van der Waals surface area (Å²) in [6, 6.07) is -3.30. The molecule has 0 saturated carbocycles. The van der Waals surface area contributed by atoms with Gasteiger partial charge in [-0.3, -0.25) is 19.8 Å². The van der Waals surface area contributed by atoms with Crippen molar-refractivity contribution >= 4 is 30.2 Å². The largest absolute Gasteiger partial charge is 0.444 e. The van der Waals surface area contributed by atoms with E-state index in [4.69, 9.17) is 15.9 Å². The minimum absolute atomic E-state index is 0.0109. The van der Waals surface area contributed by atoms with Gasteiger partial charge in [-0.25, -0.2) is 4.79 Å². The van der Waals surface area contributed by atoms with Crippen molar-refractivity contribution in [1.82, 2.24) is 21.3 Å². The van der Waals surface area contributed by atoms with E-state index < -0.39 is 47.7 Å². The first-order valence-corrected chi connectivity index (χ1v) is 11.8. The molecular formula is C23H43N6O6. The number of guanidine groups is 1. The van der Waals surface area contributed by atoms with Gasteiger partial charge in [0.05, 0.1) is 12.1 Å². The van der Waals surface area contributed by atoms with Crippen LogP contribution in [0.1, 0.15) is 67.7 Å². The molecule has 0 fully saturated rings. The van der Waals surface area contributed by atoms with Crippen molar-refractivity contribution < 1.29 is 29.0 Å². The zero-order valence-corrected chi connectivity index (χ0v) is 21.9. The highest BCUT2D eigenvalue weighted by Gasteiger charge is 2.35. The number of carbonyl (C=O) groups excluding carboxylic acids is 4. The van der Waals surface area contributed by atoms with Gasteiger partial charge < -0.3 is 36.8 Å². The minimum atomic E-state index is -1.36. The number of rotatable bonds is 14. The lowest BCUT2D eigenvalue weighted by Gasteiger charge is -2.29. The van der Waals surface area contributed by atoms with E-state index in [0.717, 1.165) is 0 Å². The summed E-state index contributed by atoms with van der Waals surface area (Å²) in [6.07, 6.45) is 0.608. The van der Waals surface area contributed by atoms with Gasteiger partial charge in [-0.05, 0) is 51.9 Å². The molecule has 0 heterocycles. The van der Waals surface area contributed by atoms with E-state index in [1.54, 1.807) is 40.9 Å². The number of amides is 3. The average Bonchev–Trinajstić information content (AvgIpc) is 2.70. The Morgan fingerprint density at radius 1 is 1.06 bits per heavy atom. The van der Waals surface area contributed by atoms with Gasteiger partial charge in [-0.1, -0.05) is 27.7 Å². The van der Waals surface area contributed by atoms with Crippen LogP contribution in [0.25, 0.3) is 0 Å². The second-order valence-corrected chi connectivity index (χ2v) is 10.2. The number of hydrogen-bond donors (Lipinski definition) is 7. The van der Waals surface area contributed by atoms with Crippen molar-refractivity contribution in [3.8, 4) is 0 Å². The molecule has 0 aromatic carbocycles. The lowest BCUT2D eigenvalue weighted by molar-refractivity contribution is -0.132. The van der Waals surface area contributed by atoms with Crippen LogP contribution in [0.4, 0.5) is 4.79 Å². The van der Waals surface area contributed by atoms with Crippen LogP contribution in [0.5, 0.6) is 0 Å². The predicted octanol–water partition coefficient (Wildman–Crippen LogP) is 0.285. The van der Waals surface area contributed by atoms with Crippen LogP contribution >= 0.6 is 0 Å². The molecule has 12 heteroatoms. The molecular weight excluding hydrogens is 456 g/mol. The maximum absolute atomic E-state index is 13.1. The highest BCUT2D eigenvalue weighted by atomic mass is 16.6. The van der Waals surface area contributed by atoms with E-state index in [9.17, 15) is 24.3 Å². The number of nitrogens with two attached hydrogens (primary N) is 1. The third-order valence-corrected chi connectivity index (χ3v) is 4.76. The third kappa shape index (κ3) is 14.2. The Kier molecular flexibility index (Phi) is 13.9. The van der Waals surface area contributed by atoms with Crippen LogP contribution in [-0.4, -0.2) is 71.6 Å². The Balaban J connectivity index is 5.44. The lowest BCUT2D eigenvalue weighted by Crippen LogP contribution is -2.59. The number of alkyl carbamates (subject to hydrolysis) is 1. The number of ether oxygens (including phenoxy) is 1. The van der Waals surface area contributed by atoms with E-state index in [1.165, 1.54) is 0 Å². The molecule has 1 radical (unpaired) electrons. The van der Waals surface area contributed by atoms with Crippen molar-refractivity contribution in [2.75, 3.05) is 6.54 Å². The normalized spacial score (nSPS) is 14.9. The van der Waals surface area contributed by atoms with Crippen LogP contribution in [-0.2, 0) is 19.1 Å². The van der Waals surface area contributed by atoms with Crippen LogP contribution in [0.15, 0.2) is 0 Å². The molecule has 0 saturated heterocycles. The zero-order chi connectivity index (χ0) is 27.3. The zero-order valence-electron chi connectivity index (χ0n) is 21.9. The fraction of sp³-hybridized carbons (Fsp3) is 0.783. The fourth-order valence-corrected chi connectivity index (χ4v) is 3.05. The van der Waals surface area contributed by atoms with Gasteiger partial charge >= 0.3 is 6.09 Å². The summed E-state index contributed by atoms with van der Waals surface area (Å²) in [5.74, 6) is -1.91. The molecule has 0 bridgehead atoms. The summed E-state index contributed by atoms with van der Waals surface area (Å²) >= 11 is 0. The molecule has 0 aromatic rings. The van der Waals surface area contributed by atoms with Gasteiger partial charge in [0.25, 0.3) is 0 Å². The van der Waals surface area contributed by atoms with Crippen LogP contribution in [0.2, 0.25) is 0 Å². The van der Waals surface area contributed by atoms with Gasteiger partial charge in [0, 0.05) is 6.54 Å². The van der Waals surface area contributed by atoms with E-state index in [2.05, 4.69) is 21.3 Å². The molecule has 201 valence electrons. The van der Waals surface area contributed by atoms with Crippen LogP contribution in [0.3, 0.4) is 0 Å². The molecule has 4 atom stereocenters. The second kappa shape index (κ2) is 15.2. The predicted molar refractivity (Wildman–Crippen MR) is 132 cm³/mol. The number of aliphatic hydroxyl groups is 1. The highest BCUT2D eigenvalue weighted by molar-refractivity contribution is 5.92. The Morgan fingerprint density at radius 2 is 1.66 bits per heavy atom. The second-order valence-electron chi connectivity index (χ2n) is 10.2. The first-order valence-electron chi connectivity index (χ1n) is 11.8. The van der Waals surface area contributed by atoms with Gasteiger partial charge in [0.2, 0.25) is 18.1 Å². The molecule has 0 aromatic heterocycles. The fourth-order valence-electron chi connectivity index (χ4n) is 3.05. The SMILES string of the molecule is CC(C)C[C@H](NC(=O)[C@@H](NC(=O)OC(C)(C)C)[C@H](O)C(C)C)C(=O)N[C@@H]([C]=O)CCCNC(=N)N. The summed E-state index contributed by atoms with van der Waals surface area (Å²) in [5, 5.41) is 27.9. The molecule has 0 aliphatic carbocycles. The van der Waals surface area contributed by atoms with Crippen LogP contribution < -0.4 is 27.0 Å². The Labute approximate surface area is 208 Å². The third-order valence-electron chi connectivity index (χ3n) is 4.76. The maximum atomic E-state index is 13.1. The van der Waals surface area contributed by atoms with Crippen molar-refractivity contribution in [3.05, 3.63) is 0 Å². The molecule has 8 N–H and O–H groups in total. The first kappa shape index (κ1) is 32.1. The topological polar surface area (TPSA) is 196 Å². The summed E-state index contributed by atoms with van der Waals surface area (Å²) in [6.45, 7) is 12.4. The highest BCUT2D eigenvalue weighted by Crippen LogP contribution is 2.12. The monoisotopic (exact) mass is 499 g/mol. The summed E-state index contributed by atoms with van der Waals surface area (Å²) in [5.41, 5.74) is 4.40. The molecule has 12 nitrogen and oxygen atoms in total. The molecule has 35 heavy (non-hydrogen) atoms. The summed E-state index contributed by atoms with van der Waals surface area (Å²) in [4.78, 5) is 49.6. The van der Waals surface area contributed by atoms with Crippen molar-refractivity contribution in [3.63, 3.8) is 0 Å². The molecule has 0 aliphatic rings. The Bertz CT molecular complexity index is 722. The van der Waals surface area contributed by atoms with Crippen molar-refractivity contribution in [1.29, 1.82) is 5.41 Å². The number of carbonyl (C=O) groups is 3. The Morgan fingerprint density at radius 3 is 2.11 bits per heavy atom. The van der Waals surface area contributed by atoms with Crippen LogP contribution in [0, 0.1) is 17.2 Å². The first-order chi connectivity index (χ1) is 16.1. The summed E-state index contributed by atoms with van der Waals surface area (Å²) < 4.78 is 5.20. The molecule has 0 aliphatic heterocycles. The minimum Gasteiger partial charge on any atom is -0.444 e. The number of hydrogen-bond acceptors (Lipinski definition) is 7. The molecule has 0 unspecified atom stereocenters. The smallest absolute Gasteiger partial charge is 0.408 e. The van der Waals surface area contributed by atoms with E-state index >= 15 is 0 Å². The van der Waals surface area contributed by atoms with E-state index in [-0.39, 0.29) is 30.6 Å². The van der Waals surface area contributed by atoms with Crippen molar-refractivity contribution in [2.45, 2.75) is 97.6 Å². The Hall–Kier alpha value is -2.89. The van der Waals surface area contributed by atoms with Gasteiger partial charge in [-0.2, -0.15) is 0 Å². The van der Waals surface area contributed by atoms with Gasteiger partial charge in [0.1, 0.15) is 17.7 Å². The number of nitrogens with one attached hydrogen (secondary N) is 5. The molecule has 3 amide bonds. The maximum Gasteiger partial charge on any atom is 0.408 e. The van der Waals surface area contributed by atoms with Crippen molar-refractivity contribution in [2.24, 2.45) is 17.6 Å². The van der Waals surface area contributed by atoms with E-state index in [1.807, 2.05) is 13.8 Å². The number of aliphatic hydroxyl groups excluding tert-OH is 1. The molecule has 0 spiro atoms. The quantitative estimate of drug-likeness (QED) is 0.100. The standard InChI is InChI=1S/C23H43N6O6/c1-13(2)11-16(19(32)27-15(12-30)9-8-10-26-21(24)25)28-20(33)17(18(31)14(3)4)29-22(34)35-23(5,6)7/h13-18,31H,8-11H2,1-7H3,(H,27,32)(H,28,33)(H,29,34)(H4,24,25,26)/t15-,16+,17+,18-/m1/s1. The molecule has 0 rings (SSSR count). The van der Waals surface area contributed by atoms with Gasteiger partial charge in [0.15, 0.2) is 5.96 Å². The van der Waals surface area contributed by atoms with E-state index in [0.29, 0.717) is 13.0 Å².